The van der Waals surface area contributed by atoms with Gasteiger partial charge in [-0.1, -0.05) is 39.8 Å². The lowest BCUT2D eigenvalue weighted by Gasteiger charge is -2.26. The lowest BCUT2D eigenvalue weighted by molar-refractivity contribution is -0.142. The summed E-state index contributed by atoms with van der Waals surface area (Å²) in [4.78, 5) is 99.8. The molecule has 5 amide bonds. The number of nitrogens with one attached hydrogen (secondary N) is 5. The summed E-state index contributed by atoms with van der Waals surface area (Å²) in [5.41, 5.74) is 17.0. The molecule has 0 spiro atoms. The van der Waals surface area contributed by atoms with Gasteiger partial charge in [0.15, 0.2) is 5.96 Å². The van der Waals surface area contributed by atoms with Gasteiger partial charge in [0.25, 0.3) is 0 Å². The Balaban J connectivity index is 3.32. The third-order valence-corrected chi connectivity index (χ3v) is 8.14. The van der Waals surface area contributed by atoms with E-state index in [0.717, 1.165) is 0 Å². The number of carbonyl (C=O) groups excluding carboxylic acids is 5. The van der Waals surface area contributed by atoms with Crippen molar-refractivity contribution in [3.63, 3.8) is 0 Å². The van der Waals surface area contributed by atoms with E-state index in [1.54, 1.807) is 13.8 Å². The molecule has 0 bridgehead atoms. The van der Waals surface area contributed by atoms with E-state index in [4.69, 9.17) is 27.0 Å². The topological polar surface area (TPSA) is 340 Å². The fourth-order valence-corrected chi connectivity index (χ4v) is 5.16. The molecule has 0 aliphatic carbocycles. The summed E-state index contributed by atoms with van der Waals surface area (Å²) in [7, 11) is -4.85. The molecule has 1 rings (SSSR count). The van der Waals surface area contributed by atoms with Gasteiger partial charge < -0.3 is 53.4 Å². The van der Waals surface area contributed by atoms with Gasteiger partial charge in [-0.2, -0.15) is 0 Å². The molecule has 0 aromatic heterocycles. The van der Waals surface area contributed by atoms with Crippen molar-refractivity contribution in [1.29, 1.82) is 0 Å². The van der Waals surface area contributed by atoms with Gasteiger partial charge in [-0.25, -0.2) is 9.36 Å². The third kappa shape index (κ3) is 18.0. The molecular formula is C32H54N9O11P. The number of amides is 5. The van der Waals surface area contributed by atoms with Crippen molar-refractivity contribution in [1.82, 2.24) is 26.6 Å². The Labute approximate surface area is 308 Å². The first-order valence-corrected chi connectivity index (χ1v) is 18.6. The number of aliphatic carboxylic acids is 1. The fraction of sp³-hybridized carbons (Fsp3) is 0.594. The first-order chi connectivity index (χ1) is 24.7. The molecule has 21 heteroatoms. The van der Waals surface area contributed by atoms with Gasteiger partial charge in [0, 0.05) is 13.0 Å². The van der Waals surface area contributed by atoms with Gasteiger partial charge >= 0.3 is 13.8 Å². The molecule has 0 aliphatic rings. The van der Waals surface area contributed by atoms with E-state index in [1.165, 1.54) is 31.2 Å². The monoisotopic (exact) mass is 771 g/mol. The number of hydrogen-bond acceptors (Lipinski definition) is 10. The summed E-state index contributed by atoms with van der Waals surface area (Å²) in [6, 6.07) is -1.72. The van der Waals surface area contributed by atoms with Crippen LogP contribution in [0, 0.1) is 5.92 Å². The second kappa shape index (κ2) is 22.3. The van der Waals surface area contributed by atoms with Crippen LogP contribution in [0.25, 0.3) is 0 Å². The number of guanidine groups is 1. The highest BCUT2D eigenvalue weighted by Gasteiger charge is 2.32. The molecule has 1 aromatic rings. The van der Waals surface area contributed by atoms with Crippen molar-refractivity contribution in [3.05, 3.63) is 29.8 Å². The molecule has 298 valence electrons. The van der Waals surface area contributed by atoms with Crippen LogP contribution in [0.1, 0.15) is 72.3 Å². The summed E-state index contributed by atoms with van der Waals surface area (Å²) in [6.07, 6.45) is 0.638. The number of carboxylic acid groups (broad SMARTS) is 1. The van der Waals surface area contributed by atoms with Crippen LogP contribution >= 0.6 is 7.82 Å². The van der Waals surface area contributed by atoms with Crippen LogP contribution in [0.3, 0.4) is 0 Å². The Morgan fingerprint density at radius 3 is 1.81 bits per heavy atom. The van der Waals surface area contributed by atoms with Crippen LogP contribution in [0.5, 0.6) is 5.75 Å². The number of rotatable bonds is 23. The van der Waals surface area contributed by atoms with E-state index in [0.29, 0.717) is 12.0 Å². The van der Waals surface area contributed by atoms with Crippen molar-refractivity contribution in [2.45, 2.75) is 109 Å². The lowest BCUT2D eigenvalue weighted by atomic mass is 10.0. The number of nitrogens with zero attached hydrogens (tertiary/aromatic N) is 1. The van der Waals surface area contributed by atoms with Crippen molar-refractivity contribution >= 4 is 49.3 Å². The summed E-state index contributed by atoms with van der Waals surface area (Å²) >= 11 is 0. The number of aliphatic imine (C=N–C) groups is 1. The van der Waals surface area contributed by atoms with E-state index in [2.05, 4.69) is 36.1 Å². The van der Waals surface area contributed by atoms with Crippen LogP contribution in [0.4, 0.5) is 0 Å². The van der Waals surface area contributed by atoms with E-state index in [1.807, 2.05) is 13.8 Å². The molecular weight excluding hydrogens is 717 g/mol. The molecule has 0 saturated heterocycles. The Bertz CT molecular complexity index is 1480. The Morgan fingerprint density at radius 2 is 1.30 bits per heavy atom. The minimum atomic E-state index is -4.85. The number of nitrogens with two attached hydrogens (primary N) is 3. The summed E-state index contributed by atoms with van der Waals surface area (Å²) < 4.78 is 15.8. The zero-order valence-electron chi connectivity index (χ0n) is 30.5. The fourth-order valence-electron chi connectivity index (χ4n) is 4.77. The molecule has 0 fully saturated rings. The summed E-state index contributed by atoms with van der Waals surface area (Å²) in [5.74, 6) is -5.38. The highest BCUT2D eigenvalue weighted by atomic mass is 31.2. The highest BCUT2D eigenvalue weighted by Crippen LogP contribution is 2.37. The largest absolute Gasteiger partial charge is 0.524 e. The Hall–Kier alpha value is -4.78. The maximum absolute atomic E-state index is 13.7. The van der Waals surface area contributed by atoms with Gasteiger partial charge in [0.1, 0.15) is 36.0 Å². The van der Waals surface area contributed by atoms with Crippen molar-refractivity contribution < 1.29 is 52.7 Å². The lowest BCUT2D eigenvalue weighted by Crippen LogP contribution is -2.59. The van der Waals surface area contributed by atoms with Crippen LogP contribution < -0.4 is 48.3 Å². The molecule has 1 aromatic carbocycles. The molecule has 0 unspecified atom stereocenters. The number of carbonyl (C=O) groups is 6. The number of benzene rings is 1. The van der Waals surface area contributed by atoms with Crippen LogP contribution in [-0.2, 0) is 39.8 Å². The summed E-state index contributed by atoms with van der Waals surface area (Å²) in [5, 5.41) is 22.0. The van der Waals surface area contributed by atoms with Gasteiger partial charge in [0.2, 0.25) is 29.5 Å². The van der Waals surface area contributed by atoms with Gasteiger partial charge in [0.05, 0.1) is 6.04 Å². The first-order valence-electron chi connectivity index (χ1n) is 17.1. The molecule has 20 nitrogen and oxygen atoms in total. The molecule has 0 saturated carbocycles. The van der Waals surface area contributed by atoms with Crippen molar-refractivity contribution in [3.8, 4) is 5.75 Å². The molecule has 0 radical (unpaired) electrons. The minimum Gasteiger partial charge on any atom is -0.480 e. The zero-order chi connectivity index (χ0) is 40.5. The average Bonchev–Trinajstić information content (AvgIpc) is 3.06. The SMILES string of the molecule is CC[C@H](NC(=O)[C@H](CCCN=C(N)N)NC(=O)[C@H](C)NC(=O)[C@H](Cc1ccc(OP(=O)(O)O)cc1)NC(=O)[C@H](CC(C)C)NC(=O)[C@@H](N)CC)C(=O)O. The van der Waals surface area contributed by atoms with E-state index < -0.39 is 79.6 Å². The maximum atomic E-state index is 13.7. The maximum Gasteiger partial charge on any atom is 0.524 e. The second-order valence-electron chi connectivity index (χ2n) is 12.7. The van der Waals surface area contributed by atoms with Crippen molar-refractivity contribution in [2.24, 2.45) is 28.1 Å². The zero-order valence-corrected chi connectivity index (χ0v) is 31.4. The molecule has 14 N–H and O–H groups in total. The van der Waals surface area contributed by atoms with Crippen molar-refractivity contribution in [2.75, 3.05) is 6.54 Å². The minimum absolute atomic E-state index is 0.0101. The quantitative estimate of drug-likeness (QED) is 0.0261. The number of hydrogen-bond donors (Lipinski definition) is 11. The summed E-state index contributed by atoms with van der Waals surface area (Å²) in [6.45, 7) is 8.36. The number of phosphoric acid groups is 1. The van der Waals surface area contributed by atoms with Crippen LogP contribution in [-0.4, -0.2) is 99.2 Å². The van der Waals surface area contributed by atoms with Gasteiger partial charge in [-0.05, 0) is 62.6 Å². The number of carboxylic acids is 1. The normalized spacial score (nSPS) is 14.7. The Morgan fingerprint density at radius 1 is 0.774 bits per heavy atom. The molecule has 0 aliphatic heterocycles. The van der Waals surface area contributed by atoms with E-state index in [-0.39, 0.29) is 56.3 Å². The molecule has 0 heterocycles. The molecule has 53 heavy (non-hydrogen) atoms. The highest BCUT2D eigenvalue weighted by molar-refractivity contribution is 7.46. The predicted molar refractivity (Wildman–Crippen MR) is 194 cm³/mol. The third-order valence-electron chi connectivity index (χ3n) is 7.69. The smallest absolute Gasteiger partial charge is 0.480 e. The second-order valence-corrected chi connectivity index (χ2v) is 13.9. The standard InChI is InChI=1S/C32H54N9O11P/c1-6-21(33)27(43)40-24(15-17(3)4)30(46)41-25(16-19-10-12-20(13-11-19)52-53(49,50)51)29(45)37-18(5)26(42)39-23(9-8-14-36-32(34)35)28(44)38-22(7-2)31(47)48/h10-13,17-18,21-25H,6-9,14-16,33H2,1-5H3,(H,37,45)(H,38,44)(H,39,42)(H,40,43)(H,41,46)(H,47,48)(H4,34,35,36)(H2,49,50,51)/t18-,21-,22-,23-,24-,25-/m0/s1. The van der Waals surface area contributed by atoms with E-state index >= 15 is 0 Å². The molecule has 6 atom stereocenters. The van der Waals surface area contributed by atoms with E-state index in [9.17, 15) is 38.4 Å². The Kier molecular flexibility index (Phi) is 19.5. The number of phosphoric ester groups is 1. The van der Waals surface area contributed by atoms with Crippen LogP contribution in [0.2, 0.25) is 0 Å². The average molecular weight is 772 g/mol. The van der Waals surface area contributed by atoms with Gasteiger partial charge in [-0.3, -0.25) is 38.8 Å². The van der Waals surface area contributed by atoms with Crippen LogP contribution in [0.15, 0.2) is 29.3 Å². The van der Waals surface area contributed by atoms with Gasteiger partial charge in [-0.15, -0.1) is 0 Å². The first kappa shape index (κ1) is 46.2. The predicted octanol–water partition coefficient (Wildman–Crippen LogP) is -1.52.